The van der Waals surface area contributed by atoms with Crippen LogP contribution < -0.4 is 11.1 Å². The lowest BCUT2D eigenvalue weighted by Gasteiger charge is -2.07. The third-order valence-corrected chi connectivity index (χ3v) is 5.39. The Morgan fingerprint density at radius 3 is 2.52 bits per heavy atom. The normalized spacial score (nSPS) is 11.9. The molecule has 4 rings (SSSR count). The molecule has 3 aromatic carbocycles. The van der Waals surface area contributed by atoms with Crippen LogP contribution in [0, 0.1) is 5.92 Å². The SMILES string of the molecule is CCC(C)C(=O)c1ccc2nc(-c3cccc(NC(=O)c4ccc(N)cc4)c3)[nH]c2c1. The average Bonchev–Trinajstić information content (AvgIpc) is 3.22. The molecule has 1 unspecified atom stereocenters. The lowest BCUT2D eigenvalue weighted by atomic mass is 9.97. The number of nitrogens with zero attached hydrogens (tertiary/aromatic N) is 1. The standard InChI is InChI=1S/C25H24N4O2/c1-3-15(2)23(30)17-9-12-21-22(14-17)29-24(28-21)18-5-4-6-20(13-18)27-25(31)16-7-10-19(26)11-8-16/h4-15H,3,26H2,1-2H3,(H,27,31)(H,28,29). The molecule has 0 spiro atoms. The summed E-state index contributed by atoms with van der Waals surface area (Å²) < 4.78 is 0. The van der Waals surface area contributed by atoms with Crippen molar-refractivity contribution in [2.24, 2.45) is 5.92 Å². The van der Waals surface area contributed by atoms with Crippen molar-refractivity contribution >= 4 is 34.1 Å². The number of imidazole rings is 1. The molecule has 0 fully saturated rings. The highest BCUT2D eigenvalue weighted by Gasteiger charge is 2.15. The van der Waals surface area contributed by atoms with E-state index in [-0.39, 0.29) is 17.6 Å². The van der Waals surface area contributed by atoms with Crippen LogP contribution in [-0.4, -0.2) is 21.7 Å². The second-order valence-electron chi connectivity index (χ2n) is 7.65. The number of H-pyrrole nitrogens is 1. The van der Waals surface area contributed by atoms with Gasteiger partial charge in [-0.05, 0) is 61.0 Å². The predicted molar refractivity (Wildman–Crippen MR) is 124 cm³/mol. The fraction of sp³-hybridized carbons (Fsp3) is 0.160. The lowest BCUT2D eigenvalue weighted by molar-refractivity contribution is 0.0927. The number of ketones is 1. The van der Waals surface area contributed by atoms with E-state index in [0.717, 1.165) is 23.0 Å². The number of nitrogen functional groups attached to an aromatic ring is 1. The molecule has 156 valence electrons. The van der Waals surface area contributed by atoms with Gasteiger partial charge in [-0.1, -0.05) is 26.0 Å². The van der Waals surface area contributed by atoms with Crippen molar-refractivity contribution in [2.45, 2.75) is 20.3 Å². The van der Waals surface area contributed by atoms with Crippen molar-refractivity contribution in [3.8, 4) is 11.4 Å². The molecule has 6 nitrogen and oxygen atoms in total. The van der Waals surface area contributed by atoms with Gasteiger partial charge in [0.1, 0.15) is 5.82 Å². The van der Waals surface area contributed by atoms with Gasteiger partial charge in [-0.2, -0.15) is 0 Å². The van der Waals surface area contributed by atoms with Crippen molar-refractivity contribution < 1.29 is 9.59 Å². The molecule has 0 radical (unpaired) electrons. The average molecular weight is 412 g/mol. The molecule has 0 bridgehead atoms. The maximum Gasteiger partial charge on any atom is 0.255 e. The summed E-state index contributed by atoms with van der Waals surface area (Å²) in [5, 5.41) is 2.90. The van der Waals surface area contributed by atoms with Crippen LogP contribution in [0.1, 0.15) is 41.0 Å². The molecule has 6 heteroatoms. The maximum atomic E-state index is 12.5. The van der Waals surface area contributed by atoms with Gasteiger partial charge in [0, 0.05) is 34.0 Å². The van der Waals surface area contributed by atoms with Crippen LogP contribution in [0.4, 0.5) is 11.4 Å². The van der Waals surface area contributed by atoms with Crippen LogP contribution in [0.25, 0.3) is 22.4 Å². The number of anilines is 2. The second kappa shape index (κ2) is 8.44. The van der Waals surface area contributed by atoms with E-state index in [2.05, 4.69) is 15.3 Å². The number of benzene rings is 3. The van der Waals surface area contributed by atoms with Gasteiger partial charge < -0.3 is 16.0 Å². The van der Waals surface area contributed by atoms with Crippen LogP contribution in [0.5, 0.6) is 0 Å². The van der Waals surface area contributed by atoms with Gasteiger partial charge in [0.15, 0.2) is 5.78 Å². The van der Waals surface area contributed by atoms with Crippen molar-refractivity contribution in [1.82, 2.24) is 9.97 Å². The molecule has 1 amide bonds. The highest BCUT2D eigenvalue weighted by atomic mass is 16.1. The number of amides is 1. The number of nitrogens with one attached hydrogen (secondary N) is 2. The summed E-state index contributed by atoms with van der Waals surface area (Å²) in [5.74, 6) is 0.579. The van der Waals surface area contributed by atoms with E-state index >= 15 is 0 Å². The number of rotatable bonds is 6. The Hall–Kier alpha value is -3.93. The minimum absolute atomic E-state index is 0.0128. The molecular formula is C25H24N4O2. The highest BCUT2D eigenvalue weighted by molar-refractivity contribution is 6.04. The smallest absolute Gasteiger partial charge is 0.255 e. The zero-order valence-corrected chi connectivity index (χ0v) is 17.5. The number of carbonyl (C=O) groups is 2. The van der Waals surface area contributed by atoms with Crippen molar-refractivity contribution in [3.05, 3.63) is 77.9 Å². The molecule has 31 heavy (non-hydrogen) atoms. The number of fused-ring (bicyclic) bond motifs is 1. The van der Waals surface area contributed by atoms with Gasteiger partial charge in [-0.15, -0.1) is 0 Å². The molecule has 4 aromatic rings. The van der Waals surface area contributed by atoms with Crippen LogP contribution >= 0.6 is 0 Å². The molecular weight excluding hydrogens is 388 g/mol. The third-order valence-electron chi connectivity index (χ3n) is 5.39. The fourth-order valence-corrected chi connectivity index (χ4v) is 3.35. The number of carbonyl (C=O) groups excluding carboxylic acids is 2. The van der Waals surface area contributed by atoms with Crippen molar-refractivity contribution in [2.75, 3.05) is 11.1 Å². The highest BCUT2D eigenvalue weighted by Crippen LogP contribution is 2.25. The van der Waals surface area contributed by atoms with Crippen LogP contribution in [0.2, 0.25) is 0 Å². The van der Waals surface area contributed by atoms with E-state index in [1.807, 2.05) is 56.3 Å². The number of aromatic nitrogens is 2. The topological polar surface area (TPSA) is 101 Å². The van der Waals surface area contributed by atoms with Gasteiger partial charge in [0.05, 0.1) is 11.0 Å². The Balaban J connectivity index is 1.59. The summed E-state index contributed by atoms with van der Waals surface area (Å²) in [4.78, 5) is 32.9. The number of hydrogen-bond donors (Lipinski definition) is 3. The first-order chi connectivity index (χ1) is 14.9. The zero-order valence-electron chi connectivity index (χ0n) is 17.5. The summed E-state index contributed by atoms with van der Waals surface area (Å²) >= 11 is 0. The van der Waals surface area contributed by atoms with Crippen LogP contribution in [0.3, 0.4) is 0 Å². The zero-order chi connectivity index (χ0) is 22.0. The van der Waals surface area contributed by atoms with E-state index in [9.17, 15) is 9.59 Å². The Kier molecular flexibility index (Phi) is 5.54. The largest absolute Gasteiger partial charge is 0.399 e. The summed E-state index contributed by atoms with van der Waals surface area (Å²) in [6.07, 6.45) is 0.806. The maximum absolute atomic E-state index is 12.5. The predicted octanol–water partition coefficient (Wildman–Crippen LogP) is 5.29. The van der Waals surface area contributed by atoms with Crippen molar-refractivity contribution in [1.29, 1.82) is 0 Å². The van der Waals surface area contributed by atoms with E-state index in [0.29, 0.717) is 28.3 Å². The molecule has 0 saturated carbocycles. The Morgan fingerprint density at radius 1 is 1.03 bits per heavy atom. The fourth-order valence-electron chi connectivity index (χ4n) is 3.35. The number of Topliss-reactive ketones (excluding diaryl/α,β-unsaturated/α-hetero) is 1. The minimum Gasteiger partial charge on any atom is -0.399 e. The molecule has 1 heterocycles. The first-order valence-electron chi connectivity index (χ1n) is 10.3. The van der Waals surface area contributed by atoms with Gasteiger partial charge >= 0.3 is 0 Å². The first kappa shape index (κ1) is 20.3. The molecule has 0 aliphatic carbocycles. The quantitative estimate of drug-likeness (QED) is 0.296. The first-order valence-corrected chi connectivity index (χ1v) is 10.3. The van der Waals surface area contributed by atoms with Gasteiger partial charge in [-0.25, -0.2) is 4.98 Å². The summed E-state index contributed by atoms with van der Waals surface area (Å²) in [6, 6.07) is 19.8. The van der Waals surface area contributed by atoms with Gasteiger partial charge in [-0.3, -0.25) is 9.59 Å². The number of nitrogens with two attached hydrogens (primary N) is 1. The van der Waals surface area contributed by atoms with Crippen LogP contribution in [-0.2, 0) is 0 Å². The molecule has 4 N–H and O–H groups in total. The van der Waals surface area contributed by atoms with Gasteiger partial charge in [0.25, 0.3) is 5.91 Å². The lowest BCUT2D eigenvalue weighted by Crippen LogP contribution is -2.11. The number of aromatic amines is 1. The Morgan fingerprint density at radius 2 is 1.77 bits per heavy atom. The number of hydrogen-bond acceptors (Lipinski definition) is 4. The summed E-state index contributed by atoms with van der Waals surface area (Å²) in [7, 11) is 0. The molecule has 0 aliphatic heterocycles. The van der Waals surface area contributed by atoms with E-state index in [1.54, 1.807) is 24.3 Å². The molecule has 0 aliphatic rings. The second-order valence-corrected chi connectivity index (χ2v) is 7.65. The van der Waals surface area contributed by atoms with E-state index in [4.69, 9.17) is 5.73 Å². The third kappa shape index (κ3) is 4.33. The monoisotopic (exact) mass is 412 g/mol. The molecule has 0 saturated heterocycles. The Labute approximate surface area is 180 Å². The Bertz CT molecular complexity index is 1260. The van der Waals surface area contributed by atoms with Crippen molar-refractivity contribution in [3.63, 3.8) is 0 Å². The summed E-state index contributed by atoms with van der Waals surface area (Å²) in [6.45, 7) is 3.95. The molecule has 1 aromatic heterocycles. The molecule has 1 atom stereocenters. The summed E-state index contributed by atoms with van der Waals surface area (Å²) in [5.41, 5.74) is 10.6. The van der Waals surface area contributed by atoms with Gasteiger partial charge in [0.2, 0.25) is 0 Å². The van der Waals surface area contributed by atoms with E-state index in [1.165, 1.54) is 0 Å². The van der Waals surface area contributed by atoms with Crippen LogP contribution in [0.15, 0.2) is 66.7 Å². The van der Waals surface area contributed by atoms with E-state index < -0.39 is 0 Å². The minimum atomic E-state index is -0.213.